The predicted molar refractivity (Wildman–Crippen MR) is 106 cm³/mol. The number of rotatable bonds is 2. The highest BCUT2D eigenvalue weighted by Gasteiger charge is 2.41. The van der Waals surface area contributed by atoms with Crippen LogP contribution >= 0.6 is 15.9 Å². The van der Waals surface area contributed by atoms with E-state index in [2.05, 4.69) is 27.0 Å². The third-order valence-corrected chi connectivity index (χ3v) is 5.43. The second-order valence-corrected chi connectivity index (χ2v) is 7.52. The van der Waals surface area contributed by atoms with Gasteiger partial charge in [-0.15, -0.1) is 0 Å². The minimum Gasteiger partial charge on any atom is -0.507 e. The fourth-order valence-electron chi connectivity index (χ4n) is 3.68. The van der Waals surface area contributed by atoms with Gasteiger partial charge in [0, 0.05) is 40.0 Å². The zero-order chi connectivity index (χ0) is 18.4. The molecule has 0 fully saturated rings. The van der Waals surface area contributed by atoms with Crippen LogP contribution in [0.3, 0.4) is 0 Å². The van der Waals surface area contributed by atoms with Crippen molar-refractivity contribution in [3.8, 4) is 11.5 Å². The minimum absolute atomic E-state index is 0.0334. The van der Waals surface area contributed by atoms with E-state index < -0.39 is 0 Å². The van der Waals surface area contributed by atoms with Crippen LogP contribution in [-0.4, -0.2) is 20.8 Å². The Morgan fingerprint density at radius 3 is 2.81 bits per heavy atom. The van der Waals surface area contributed by atoms with E-state index in [0.717, 1.165) is 32.6 Å². The quantitative estimate of drug-likeness (QED) is 0.645. The number of aromatic hydroxyl groups is 1. The van der Waals surface area contributed by atoms with Gasteiger partial charge in [-0.2, -0.15) is 5.10 Å². The number of halogens is 1. The van der Waals surface area contributed by atoms with Crippen LogP contribution in [0.15, 0.2) is 76.6 Å². The van der Waals surface area contributed by atoms with Gasteiger partial charge < -0.3 is 9.84 Å². The normalized spacial score (nSPS) is 20.5. The first kappa shape index (κ1) is 16.3. The Balaban J connectivity index is 1.63. The highest BCUT2D eigenvalue weighted by atomic mass is 79.9. The first-order valence-corrected chi connectivity index (χ1v) is 9.50. The number of fused-ring (bicyclic) bond motifs is 3. The monoisotopic (exact) mass is 421 g/mol. The predicted octanol–water partition coefficient (Wildman–Crippen LogP) is 4.79. The van der Waals surface area contributed by atoms with Crippen LogP contribution in [0, 0.1) is 0 Å². The van der Waals surface area contributed by atoms with Crippen molar-refractivity contribution in [2.24, 2.45) is 5.10 Å². The Hall–Kier alpha value is -2.86. The molecule has 134 valence electrons. The van der Waals surface area contributed by atoms with Crippen LogP contribution in [0.4, 0.5) is 0 Å². The van der Waals surface area contributed by atoms with Gasteiger partial charge in [-0.05, 0) is 36.4 Å². The number of hydrazone groups is 1. The number of phenols is 1. The molecule has 0 unspecified atom stereocenters. The standard InChI is InChI=1S/C21H16BrN3O2/c22-14-7-8-20-16(10-14)18-11-17(15-5-1-2-6-19(15)26)24-25(18)21(27-20)13-4-3-9-23-12-13/h1-10,12,18,21,26H,11H2/t18-,21-/m1/s1. The molecule has 0 saturated heterocycles. The molecule has 3 heterocycles. The summed E-state index contributed by atoms with van der Waals surface area (Å²) in [5.41, 5.74) is 3.63. The number of ether oxygens (including phenoxy) is 1. The summed E-state index contributed by atoms with van der Waals surface area (Å²) < 4.78 is 7.30. The molecule has 0 aliphatic carbocycles. The maximum Gasteiger partial charge on any atom is 0.215 e. The van der Waals surface area contributed by atoms with Crippen molar-refractivity contribution < 1.29 is 9.84 Å². The molecular weight excluding hydrogens is 406 g/mol. The van der Waals surface area contributed by atoms with Crippen molar-refractivity contribution in [1.82, 2.24) is 9.99 Å². The van der Waals surface area contributed by atoms with E-state index in [1.54, 1.807) is 18.5 Å². The largest absolute Gasteiger partial charge is 0.507 e. The van der Waals surface area contributed by atoms with Gasteiger partial charge >= 0.3 is 0 Å². The summed E-state index contributed by atoms with van der Waals surface area (Å²) in [7, 11) is 0. The number of phenolic OH excluding ortho intramolecular Hbond substituents is 1. The lowest BCUT2D eigenvalue weighted by Gasteiger charge is -2.38. The third kappa shape index (κ3) is 2.77. The van der Waals surface area contributed by atoms with E-state index in [1.807, 2.05) is 47.5 Å². The maximum absolute atomic E-state index is 10.3. The summed E-state index contributed by atoms with van der Waals surface area (Å²) in [6.07, 6.45) is 3.89. The lowest BCUT2D eigenvalue weighted by atomic mass is 9.96. The summed E-state index contributed by atoms with van der Waals surface area (Å²) in [6, 6.07) is 17.3. The Morgan fingerprint density at radius 2 is 2.00 bits per heavy atom. The zero-order valence-electron chi connectivity index (χ0n) is 14.3. The van der Waals surface area contributed by atoms with E-state index in [-0.39, 0.29) is 18.0 Å². The Labute approximate surface area is 165 Å². The Morgan fingerprint density at radius 1 is 1.11 bits per heavy atom. The van der Waals surface area contributed by atoms with Crippen LogP contribution in [0.2, 0.25) is 0 Å². The van der Waals surface area contributed by atoms with Crippen LogP contribution in [0.25, 0.3) is 0 Å². The molecule has 2 atom stereocenters. The molecular formula is C21H16BrN3O2. The number of nitrogens with zero attached hydrogens (tertiary/aromatic N) is 3. The van der Waals surface area contributed by atoms with Gasteiger partial charge in [0.05, 0.1) is 11.8 Å². The van der Waals surface area contributed by atoms with Gasteiger partial charge in [-0.25, -0.2) is 5.01 Å². The van der Waals surface area contributed by atoms with Gasteiger partial charge in [0.1, 0.15) is 11.5 Å². The lowest BCUT2D eigenvalue weighted by molar-refractivity contribution is -0.0192. The molecule has 3 aromatic rings. The molecule has 1 N–H and O–H groups in total. The average molecular weight is 422 g/mol. The van der Waals surface area contributed by atoms with Crippen molar-refractivity contribution in [2.75, 3.05) is 0 Å². The Kier molecular flexibility index (Phi) is 3.86. The molecule has 0 saturated carbocycles. The molecule has 1 aromatic heterocycles. The molecule has 5 nitrogen and oxygen atoms in total. The van der Waals surface area contributed by atoms with Crippen LogP contribution in [-0.2, 0) is 0 Å². The summed E-state index contributed by atoms with van der Waals surface area (Å²) in [5.74, 6) is 1.09. The molecule has 5 rings (SSSR count). The lowest BCUT2D eigenvalue weighted by Crippen LogP contribution is -2.33. The van der Waals surface area contributed by atoms with E-state index >= 15 is 0 Å². The fourth-order valence-corrected chi connectivity index (χ4v) is 4.06. The number of aromatic nitrogens is 1. The number of benzene rings is 2. The molecule has 0 spiro atoms. The first-order valence-electron chi connectivity index (χ1n) is 8.71. The number of hydrogen-bond donors (Lipinski definition) is 1. The summed E-state index contributed by atoms with van der Waals surface area (Å²) in [4.78, 5) is 4.23. The molecule has 0 radical (unpaired) electrons. The summed E-state index contributed by atoms with van der Waals surface area (Å²) in [6.45, 7) is 0. The molecule has 0 bridgehead atoms. The molecule has 2 aliphatic rings. The molecule has 2 aliphatic heterocycles. The topological polar surface area (TPSA) is 58.0 Å². The van der Waals surface area contributed by atoms with Gasteiger partial charge in [0.2, 0.25) is 6.23 Å². The van der Waals surface area contributed by atoms with Gasteiger partial charge in [0.25, 0.3) is 0 Å². The average Bonchev–Trinajstić information content (AvgIpc) is 3.14. The minimum atomic E-state index is -0.360. The van der Waals surface area contributed by atoms with Crippen molar-refractivity contribution >= 4 is 21.6 Å². The second-order valence-electron chi connectivity index (χ2n) is 6.60. The van der Waals surface area contributed by atoms with E-state index in [0.29, 0.717) is 6.42 Å². The van der Waals surface area contributed by atoms with Crippen molar-refractivity contribution in [2.45, 2.75) is 18.7 Å². The first-order chi connectivity index (χ1) is 13.2. The third-order valence-electron chi connectivity index (χ3n) is 4.94. The van der Waals surface area contributed by atoms with Crippen molar-refractivity contribution in [1.29, 1.82) is 0 Å². The molecule has 0 amide bonds. The van der Waals surface area contributed by atoms with Crippen LogP contribution in [0.5, 0.6) is 11.5 Å². The number of para-hydroxylation sites is 1. The van der Waals surface area contributed by atoms with Crippen LogP contribution < -0.4 is 4.74 Å². The number of hydrogen-bond acceptors (Lipinski definition) is 5. The van der Waals surface area contributed by atoms with E-state index in [4.69, 9.17) is 9.84 Å². The molecule has 2 aromatic carbocycles. The highest BCUT2D eigenvalue weighted by molar-refractivity contribution is 9.10. The van der Waals surface area contributed by atoms with Crippen molar-refractivity contribution in [3.05, 3.63) is 88.2 Å². The second kappa shape index (κ2) is 6.39. The zero-order valence-corrected chi connectivity index (χ0v) is 15.9. The van der Waals surface area contributed by atoms with Gasteiger partial charge in [-0.3, -0.25) is 4.98 Å². The fraction of sp³-hybridized carbons (Fsp3) is 0.143. The van der Waals surface area contributed by atoms with Crippen molar-refractivity contribution in [3.63, 3.8) is 0 Å². The Bertz CT molecular complexity index is 1040. The summed E-state index contributed by atoms with van der Waals surface area (Å²) >= 11 is 3.56. The molecule has 27 heavy (non-hydrogen) atoms. The SMILES string of the molecule is Oc1ccccc1C1=NN2[C@H](C1)c1cc(Br)ccc1O[C@@H]2c1cccnc1. The van der Waals surface area contributed by atoms with Gasteiger partial charge in [-0.1, -0.05) is 34.1 Å². The smallest absolute Gasteiger partial charge is 0.215 e. The molecule has 6 heteroatoms. The van der Waals surface area contributed by atoms with Gasteiger partial charge in [0.15, 0.2) is 0 Å². The maximum atomic E-state index is 10.3. The highest BCUT2D eigenvalue weighted by Crippen LogP contribution is 2.48. The number of pyridine rings is 1. The van der Waals surface area contributed by atoms with E-state index in [9.17, 15) is 5.11 Å². The van der Waals surface area contributed by atoms with E-state index in [1.165, 1.54) is 0 Å². The van der Waals surface area contributed by atoms with Crippen LogP contribution in [0.1, 0.15) is 35.4 Å². The summed E-state index contributed by atoms with van der Waals surface area (Å²) in [5, 5.41) is 17.1.